The van der Waals surface area contributed by atoms with Crippen molar-refractivity contribution in [2.45, 2.75) is 23.5 Å². The number of sulfonamides is 2. The van der Waals surface area contributed by atoms with Gasteiger partial charge in [-0.05, 0) is 49.2 Å². The van der Waals surface area contributed by atoms with Gasteiger partial charge in [0, 0.05) is 46.0 Å². The summed E-state index contributed by atoms with van der Waals surface area (Å²) in [4.78, 5) is 16.8. The van der Waals surface area contributed by atoms with E-state index in [0.29, 0.717) is 30.6 Å². The molecule has 1 saturated heterocycles. The van der Waals surface area contributed by atoms with E-state index in [-0.39, 0.29) is 38.3 Å². The zero-order chi connectivity index (χ0) is 25.9. The first-order chi connectivity index (χ1) is 17.0. The van der Waals surface area contributed by atoms with Crippen molar-refractivity contribution < 1.29 is 21.6 Å². The summed E-state index contributed by atoms with van der Waals surface area (Å²) in [5.41, 5.74) is 0.725. The van der Waals surface area contributed by atoms with Crippen LogP contribution in [0, 0.1) is 5.92 Å². The number of hydrogen-bond donors (Lipinski definition) is 2. The Labute approximate surface area is 223 Å². The van der Waals surface area contributed by atoms with Crippen molar-refractivity contribution in [3.8, 4) is 0 Å². The number of piperidine rings is 1. The number of carbonyl (C=O) groups is 1. The minimum Gasteiger partial charge on any atom is -0.326 e. The number of carbonyl (C=O) groups excluding carboxylic acids is 1. The number of anilines is 2. The van der Waals surface area contributed by atoms with Crippen LogP contribution in [-0.4, -0.2) is 45.1 Å². The summed E-state index contributed by atoms with van der Waals surface area (Å²) in [6.45, 7) is 0.327. The molecule has 0 aliphatic carbocycles. The van der Waals surface area contributed by atoms with Crippen molar-refractivity contribution >= 4 is 71.3 Å². The molecule has 2 aromatic carbocycles. The van der Waals surface area contributed by atoms with Gasteiger partial charge in [0.25, 0.3) is 10.0 Å². The molecule has 1 atom stereocenters. The summed E-state index contributed by atoms with van der Waals surface area (Å²) >= 11 is 13.4. The lowest BCUT2D eigenvalue weighted by Gasteiger charge is -2.31. The molecule has 36 heavy (non-hydrogen) atoms. The quantitative estimate of drug-likeness (QED) is 0.401. The van der Waals surface area contributed by atoms with E-state index in [2.05, 4.69) is 15.0 Å². The maximum Gasteiger partial charge on any atom is 0.263 e. The summed E-state index contributed by atoms with van der Waals surface area (Å²) in [6, 6.07) is 10.5. The summed E-state index contributed by atoms with van der Waals surface area (Å²) in [6.07, 6.45) is 2.53. The van der Waals surface area contributed by atoms with Gasteiger partial charge in [0.05, 0.1) is 16.6 Å². The predicted molar refractivity (Wildman–Crippen MR) is 141 cm³/mol. The molecule has 2 heterocycles. The van der Waals surface area contributed by atoms with Gasteiger partial charge < -0.3 is 5.32 Å². The van der Waals surface area contributed by atoms with Crippen LogP contribution >= 0.6 is 34.5 Å². The van der Waals surface area contributed by atoms with E-state index in [9.17, 15) is 21.6 Å². The molecule has 14 heteroatoms. The fourth-order valence-corrected chi connectivity index (χ4v) is 7.91. The number of aromatic nitrogens is 1. The lowest BCUT2D eigenvalue weighted by atomic mass is 9.99. The highest BCUT2D eigenvalue weighted by atomic mass is 35.5. The Bertz CT molecular complexity index is 1430. The molecule has 2 N–H and O–H groups in total. The van der Waals surface area contributed by atoms with Crippen LogP contribution in [0.5, 0.6) is 0 Å². The monoisotopic (exact) mass is 588 g/mol. The molecule has 0 radical (unpaired) electrons. The van der Waals surface area contributed by atoms with Crippen LogP contribution in [-0.2, 0) is 30.6 Å². The molecular formula is C22H22Cl2N4O5S3. The second-order valence-electron chi connectivity index (χ2n) is 8.11. The van der Waals surface area contributed by atoms with E-state index in [4.69, 9.17) is 23.2 Å². The number of hydrogen-bond acceptors (Lipinski definition) is 7. The number of nitrogens with zero attached hydrogens (tertiary/aromatic N) is 2. The number of nitrogens with one attached hydrogen (secondary N) is 2. The second-order valence-corrected chi connectivity index (χ2v) is 13.5. The Kier molecular flexibility index (Phi) is 8.22. The molecule has 9 nitrogen and oxygen atoms in total. The molecule has 1 fully saturated rings. The lowest BCUT2D eigenvalue weighted by Crippen LogP contribution is -2.44. The standard InChI is InChI=1S/C22H22Cl2N4O5S3/c23-19-4-1-5-20(24)18(19)14-35(30,31)28-11-2-3-15(13-28)21(29)26-16-6-8-17(9-7-16)36(32,33)27-22-25-10-12-34-22/h1,4-10,12,15H,2-3,11,13-14H2,(H,25,27)(H,26,29)/t15-/m1/s1. The summed E-state index contributed by atoms with van der Waals surface area (Å²) in [5, 5.41) is 5.19. The first-order valence-electron chi connectivity index (χ1n) is 10.8. The normalized spacial score (nSPS) is 17.0. The van der Waals surface area contributed by atoms with Crippen LogP contribution in [0.1, 0.15) is 18.4 Å². The fraction of sp³-hybridized carbons (Fsp3) is 0.273. The molecule has 1 aliphatic rings. The van der Waals surface area contributed by atoms with Gasteiger partial charge in [0.15, 0.2) is 5.13 Å². The van der Waals surface area contributed by atoms with Gasteiger partial charge in [0.2, 0.25) is 15.9 Å². The van der Waals surface area contributed by atoms with E-state index < -0.39 is 26.0 Å². The van der Waals surface area contributed by atoms with E-state index >= 15 is 0 Å². The number of amides is 1. The molecule has 0 unspecified atom stereocenters. The van der Waals surface area contributed by atoms with E-state index in [1.807, 2.05) is 0 Å². The van der Waals surface area contributed by atoms with Crippen molar-refractivity contribution in [1.82, 2.24) is 9.29 Å². The van der Waals surface area contributed by atoms with Crippen LogP contribution in [0.15, 0.2) is 58.9 Å². The van der Waals surface area contributed by atoms with Gasteiger partial charge in [-0.3, -0.25) is 9.52 Å². The third kappa shape index (κ3) is 6.36. The van der Waals surface area contributed by atoms with Crippen molar-refractivity contribution in [2.75, 3.05) is 23.1 Å². The second kappa shape index (κ2) is 11.0. The number of halogens is 2. The average Bonchev–Trinajstić information content (AvgIpc) is 3.34. The highest BCUT2D eigenvalue weighted by molar-refractivity contribution is 7.93. The van der Waals surface area contributed by atoms with Crippen LogP contribution < -0.4 is 10.0 Å². The third-order valence-corrected chi connectivity index (χ3v) is 10.3. The highest BCUT2D eigenvalue weighted by Gasteiger charge is 2.33. The molecular weight excluding hydrogens is 567 g/mol. The molecule has 1 aromatic heterocycles. The minimum absolute atomic E-state index is 0.0175. The van der Waals surface area contributed by atoms with Gasteiger partial charge in [-0.25, -0.2) is 26.1 Å². The molecule has 0 saturated carbocycles. The average molecular weight is 590 g/mol. The van der Waals surface area contributed by atoms with Crippen molar-refractivity contribution in [2.24, 2.45) is 5.92 Å². The Morgan fingerprint density at radius 3 is 2.42 bits per heavy atom. The predicted octanol–water partition coefficient (Wildman–Crippen LogP) is 4.43. The van der Waals surface area contributed by atoms with Crippen LogP contribution in [0.3, 0.4) is 0 Å². The summed E-state index contributed by atoms with van der Waals surface area (Å²) in [5.74, 6) is -1.27. The van der Waals surface area contributed by atoms with Crippen LogP contribution in [0.25, 0.3) is 0 Å². The molecule has 192 valence electrons. The molecule has 4 rings (SSSR count). The maximum atomic E-state index is 13.0. The zero-order valence-corrected chi connectivity index (χ0v) is 22.7. The van der Waals surface area contributed by atoms with Crippen molar-refractivity contribution in [3.63, 3.8) is 0 Å². The molecule has 0 bridgehead atoms. The SMILES string of the molecule is O=C(Nc1ccc(S(=O)(=O)Nc2nccs2)cc1)[C@@H]1CCCN(S(=O)(=O)Cc2c(Cl)cccc2Cl)C1. The minimum atomic E-state index is -3.81. The summed E-state index contributed by atoms with van der Waals surface area (Å²) < 4.78 is 54.7. The largest absolute Gasteiger partial charge is 0.326 e. The molecule has 3 aromatic rings. The van der Waals surface area contributed by atoms with Gasteiger partial charge in [-0.15, -0.1) is 11.3 Å². The Morgan fingerprint density at radius 2 is 1.78 bits per heavy atom. The van der Waals surface area contributed by atoms with E-state index in [0.717, 1.165) is 11.3 Å². The van der Waals surface area contributed by atoms with Crippen LogP contribution in [0.2, 0.25) is 10.0 Å². The van der Waals surface area contributed by atoms with Gasteiger partial charge in [-0.1, -0.05) is 29.3 Å². The first-order valence-corrected chi connectivity index (χ1v) is 15.5. The van der Waals surface area contributed by atoms with Gasteiger partial charge in [0.1, 0.15) is 0 Å². The Morgan fingerprint density at radius 1 is 1.08 bits per heavy atom. The maximum absolute atomic E-state index is 13.0. The number of thiazole rings is 1. The fourth-order valence-electron chi connectivity index (χ4n) is 3.76. The Hall–Kier alpha value is -2.22. The molecule has 0 spiro atoms. The third-order valence-electron chi connectivity index (χ3n) is 5.62. The molecule has 1 aliphatic heterocycles. The van der Waals surface area contributed by atoms with E-state index in [1.54, 1.807) is 23.6 Å². The lowest BCUT2D eigenvalue weighted by molar-refractivity contribution is -0.120. The smallest absolute Gasteiger partial charge is 0.263 e. The van der Waals surface area contributed by atoms with Gasteiger partial charge in [-0.2, -0.15) is 0 Å². The Balaban J connectivity index is 1.39. The number of benzene rings is 2. The first kappa shape index (κ1) is 26.8. The van der Waals surface area contributed by atoms with Crippen molar-refractivity contribution in [1.29, 1.82) is 0 Å². The topological polar surface area (TPSA) is 126 Å². The number of rotatable bonds is 8. The van der Waals surface area contributed by atoms with Crippen LogP contribution in [0.4, 0.5) is 10.8 Å². The van der Waals surface area contributed by atoms with Gasteiger partial charge >= 0.3 is 0 Å². The van der Waals surface area contributed by atoms with Crippen molar-refractivity contribution in [3.05, 3.63) is 69.7 Å². The van der Waals surface area contributed by atoms with E-state index in [1.165, 1.54) is 34.8 Å². The highest BCUT2D eigenvalue weighted by Crippen LogP contribution is 2.29. The zero-order valence-electron chi connectivity index (χ0n) is 18.7. The summed E-state index contributed by atoms with van der Waals surface area (Å²) in [7, 11) is -7.57. The molecule has 1 amide bonds.